The Hall–Kier alpha value is -2.34. The summed E-state index contributed by atoms with van der Waals surface area (Å²) in [6.45, 7) is 0. The first kappa shape index (κ1) is 13.1. The standard InChI is InChI=1S/C12H9ClN2O4/c1-19-10(16)6-5-8-11-7(13)3-2-4-9(11)15(14-8)12(17)18/h2-6H,1H3,(H,17,18)/b6-5+. The average molecular weight is 281 g/mol. The number of nitrogens with zero attached hydrogens (tertiary/aromatic N) is 2. The van der Waals surface area contributed by atoms with E-state index in [2.05, 4.69) is 9.84 Å². The van der Waals surface area contributed by atoms with Crippen LogP contribution in [0, 0.1) is 0 Å². The third-order valence-corrected chi connectivity index (χ3v) is 2.76. The maximum atomic E-state index is 11.1. The Kier molecular flexibility index (Phi) is 3.52. The van der Waals surface area contributed by atoms with Crippen molar-refractivity contribution in [1.82, 2.24) is 9.78 Å². The Labute approximate surface area is 112 Å². The smallest absolute Gasteiger partial charge is 0.432 e. The number of carbonyl (C=O) groups is 2. The van der Waals surface area contributed by atoms with Crippen molar-refractivity contribution in [3.8, 4) is 0 Å². The molecule has 1 aromatic heterocycles. The summed E-state index contributed by atoms with van der Waals surface area (Å²) in [6, 6.07) is 4.82. The highest BCUT2D eigenvalue weighted by molar-refractivity contribution is 6.36. The van der Waals surface area contributed by atoms with Crippen LogP contribution in [0.25, 0.3) is 17.0 Å². The van der Waals surface area contributed by atoms with Gasteiger partial charge in [0.25, 0.3) is 0 Å². The van der Waals surface area contributed by atoms with Gasteiger partial charge >= 0.3 is 12.1 Å². The van der Waals surface area contributed by atoms with Gasteiger partial charge in [-0.3, -0.25) is 0 Å². The number of rotatable bonds is 2. The molecule has 0 aliphatic rings. The van der Waals surface area contributed by atoms with Gasteiger partial charge in [-0.1, -0.05) is 17.7 Å². The molecule has 0 radical (unpaired) electrons. The first-order chi connectivity index (χ1) is 9.04. The normalized spacial score (nSPS) is 11.1. The van der Waals surface area contributed by atoms with Gasteiger partial charge in [-0.25, -0.2) is 9.59 Å². The highest BCUT2D eigenvalue weighted by Crippen LogP contribution is 2.27. The van der Waals surface area contributed by atoms with Crippen molar-refractivity contribution in [3.05, 3.63) is 35.0 Å². The van der Waals surface area contributed by atoms with Crippen LogP contribution in [0.2, 0.25) is 5.02 Å². The van der Waals surface area contributed by atoms with E-state index in [1.807, 2.05) is 0 Å². The molecular weight excluding hydrogens is 272 g/mol. The molecular formula is C12H9ClN2O4. The molecule has 0 atom stereocenters. The summed E-state index contributed by atoms with van der Waals surface area (Å²) in [7, 11) is 1.24. The number of esters is 1. The molecule has 7 heteroatoms. The van der Waals surface area contributed by atoms with Gasteiger partial charge in [-0.05, 0) is 18.2 Å². The van der Waals surface area contributed by atoms with Crippen LogP contribution in [0.15, 0.2) is 24.3 Å². The van der Waals surface area contributed by atoms with E-state index in [1.165, 1.54) is 13.2 Å². The van der Waals surface area contributed by atoms with Crippen molar-refractivity contribution >= 4 is 40.6 Å². The molecule has 0 fully saturated rings. The fraction of sp³-hybridized carbons (Fsp3) is 0.0833. The fourth-order valence-electron chi connectivity index (χ4n) is 1.63. The van der Waals surface area contributed by atoms with Crippen molar-refractivity contribution in [1.29, 1.82) is 0 Å². The summed E-state index contributed by atoms with van der Waals surface area (Å²) in [6.07, 6.45) is 1.28. The van der Waals surface area contributed by atoms with E-state index in [9.17, 15) is 9.59 Å². The molecule has 1 N–H and O–H groups in total. The number of methoxy groups -OCH3 is 1. The van der Waals surface area contributed by atoms with E-state index in [-0.39, 0.29) is 5.69 Å². The van der Waals surface area contributed by atoms with Gasteiger partial charge in [0.05, 0.1) is 23.3 Å². The molecule has 0 bridgehead atoms. The summed E-state index contributed by atoms with van der Waals surface area (Å²) in [4.78, 5) is 22.1. The number of hydrogen-bond donors (Lipinski definition) is 1. The van der Waals surface area contributed by atoms with Gasteiger partial charge in [0, 0.05) is 11.5 Å². The zero-order chi connectivity index (χ0) is 14.0. The first-order valence-corrected chi connectivity index (χ1v) is 5.59. The maximum Gasteiger partial charge on any atom is 0.432 e. The monoisotopic (exact) mass is 280 g/mol. The number of halogens is 1. The van der Waals surface area contributed by atoms with Crippen LogP contribution in [0.1, 0.15) is 5.69 Å². The molecule has 0 unspecified atom stereocenters. The molecule has 1 heterocycles. The van der Waals surface area contributed by atoms with Gasteiger partial charge in [-0.2, -0.15) is 9.78 Å². The van der Waals surface area contributed by atoms with E-state index in [4.69, 9.17) is 16.7 Å². The van der Waals surface area contributed by atoms with Gasteiger partial charge in [-0.15, -0.1) is 0 Å². The van der Waals surface area contributed by atoms with Gasteiger partial charge < -0.3 is 9.84 Å². The van der Waals surface area contributed by atoms with E-state index in [0.717, 1.165) is 10.8 Å². The SMILES string of the molecule is COC(=O)/C=C/c1nn(C(=O)O)c2cccc(Cl)c12. The molecule has 2 aromatic rings. The number of carbonyl (C=O) groups excluding carboxylic acids is 1. The minimum atomic E-state index is -1.23. The lowest BCUT2D eigenvalue weighted by Crippen LogP contribution is -2.09. The molecule has 6 nitrogen and oxygen atoms in total. The van der Waals surface area contributed by atoms with Crippen LogP contribution in [-0.4, -0.2) is 34.1 Å². The quantitative estimate of drug-likeness (QED) is 0.675. The van der Waals surface area contributed by atoms with Gasteiger partial charge in [0.15, 0.2) is 0 Å². The van der Waals surface area contributed by atoms with Gasteiger partial charge in [0.2, 0.25) is 0 Å². The zero-order valence-corrected chi connectivity index (χ0v) is 10.6. The molecule has 0 aliphatic carbocycles. The van der Waals surface area contributed by atoms with Crippen molar-refractivity contribution in [3.63, 3.8) is 0 Å². The van der Waals surface area contributed by atoms with Crippen molar-refractivity contribution in [2.75, 3.05) is 7.11 Å². The van der Waals surface area contributed by atoms with Crippen LogP contribution in [0.4, 0.5) is 4.79 Å². The average Bonchev–Trinajstić information content (AvgIpc) is 2.76. The topological polar surface area (TPSA) is 81.4 Å². The molecule has 2 rings (SSSR count). The second kappa shape index (κ2) is 5.11. The summed E-state index contributed by atoms with van der Waals surface area (Å²) in [5, 5.41) is 13.8. The molecule has 0 saturated heterocycles. The number of carboxylic acid groups (broad SMARTS) is 1. The molecule has 0 saturated carbocycles. The first-order valence-electron chi connectivity index (χ1n) is 5.21. The van der Waals surface area contributed by atoms with Crippen LogP contribution in [-0.2, 0) is 9.53 Å². The number of aromatic nitrogens is 2. The van der Waals surface area contributed by atoms with E-state index in [0.29, 0.717) is 15.9 Å². The van der Waals surface area contributed by atoms with Crippen LogP contribution in [0.5, 0.6) is 0 Å². The Morgan fingerprint density at radius 1 is 1.47 bits per heavy atom. The molecule has 0 amide bonds. The lowest BCUT2D eigenvalue weighted by atomic mass is 10.2. The van der Waals surface area contributed by atoms with Crippen LogP contribution in [0.3, 0.4) is 0 Å². The van der Waals surface area contributed by atoms with E-state index >= 15 is 0 Å². The fourth-order valence-corrected chi connectivity index (χ4v) is 1.90. The van der Waals surface area contributed by atoms with Crippen molar-refractivity contribution < 1.29 is 19.4 Å². The predicted molar refractivity (Wildman–Crippen MR) is 69.2 cm³/mol. The molecule has 0 aliphatic heterocycles. The zero-order valence-electron chi connectivity index (χ0n) is 9.83. The Balaban J connectivity index is 2.64. The minimum absolute atomic E-state index is 0.286. The van der Waals surface area contributed by atoms with Crippen molar-refractivity contribution in [2.24, 2.45) is 0 Å². The van der Waals surface area contributed by atoms with Crippen LogP contribution >= 0.6 is 11.6 Å². The van der Waals surface area contributed by atoms with E-state index < -0.39 is 12.1 Å². The summed E-state index contributed by atoms with van der Waals surface area (Å²) in [5.74, 6) is -0.565. The van der Waals surface area contributed by atoms with Crippen LogP contribution < -0.4 is 0 Å². The van der Waals surface area contributed by atoms with E-state index in [1.54, 1.807) is 18.2 Å². The second-order valence-electron chi connectivity index (χ2n) is 3.57. The molecule has 19 heavy (non-hydrogen) atoms. The summed E-state index contributed by atoms with van der Waals surface area (Å²) in [5.41, 5.74) is 0.637. The largest absolute Gasteiger partial charge is 0.466 e. The number of benzene rings is 1. The molecule has 98 valence electrons. The number of ether oxygens (including phenoxy) is 1. The third-order valence-electron chi connectivity index (χ3n) is 2.44. The van der Waals surface area contributed by atoms with Crippen molar-refractivity contribution in [2.45, 2.75) is 0 Å². The Bertz CT molecular complexity index is 690. The third kappa shape index (κ3) is 2.43. The lowest BCUT2D eigenvalue weighted by molar-refractivity contribution is -0.134. The minimum Gasteiger partial charge on any atom is -0.466 e. The summed E-state index contributed by atoms with van der Waals surface area (Å²) < 4.78 is 5.26. The molecule has 1 aromatic carbocycles. The second-order valence-corrected chi connectivity index (χ2v) is 3.98. The molecule has 0 spiro atoms. The predicted octanol–water partition coefficient (Wildman–Crippen LogP) is 2.40. The highest BCUT2D eigenvalue weighted by Gasteiger charge is 2.15. The Morgan fingerprint density at radius 3 is 2.84 bits per heavy atom. The number of fused-ring (bicyclic) bond motifs is 1. The highest BCUT2D eigenvalue weighted by atomic mass is 35.5. The summed E-state index contributed by atoms with van der Waals surface area (Å²) >= 11 is 6.03. The Morgan fingerprint density at radius 2 is 2.21 bits per heavy atom. The lowest BCUT2D eigenvalue weighted by Gasteiger charge is -1.95. The maximum absolute atomic E-state index is 11.1. The number of hydrogen-bond acceptors (Lipinski definition) is 4. The van der Waals surface area contributed by atoms with Gasteiger partial charge in [0.1, 0.15) is 0 Å².